The van der Waals surface area contributed by atoms with Crippen molar-refractivity contribution in [1.29, 1.82) is 0 Å². The quantitative estimate of drug-likeness (QED) is 0.590. The molecule has 0 aliphatic rings. The molecule has 0 heterocycles. The van der Waals surface area contributed by atoms with Gasteiger partial charge in [0, 0.05) is 11.4 Å². The molecule has 84 valence electrons. The second-order valence-electron chi connectivity index (χ2n) is 2.91. The van der Waals surface area contributed by atoms with Crippen LogP contribution < -0.4 is 14.2 Å². The standard InChI is InChI=1S/C11H15BrO3/c1-13-9-4-5-10(11(8-9)14-2)15-7-3-6-12/h4-5,8H,3,6-7H2,1-2H3. The Morgan fingerprint density at radius 2 is 1.93 bits per heavy atom. The van der Waals surface area contributed by atoms with E-state index in [1.807, 2.05) is 18.2 Å². The van der Waals surface area contributed by atoms with Crippen LogP contribution in [0, 0.1) is 0 Å². The third kappa shape index (κ3) is 3.63. The molecule has 0 aromatic heterocycles. The van der Waals surface area contributed by atoms with E-state index in [9.17, 15) is 0 Å². The molecular weight excluding hydrogens is 260 g/mol. The molecule has 0 amide bonds. The average Bonchev–Trinajstić information content (AvgIpc) is 2.29. The molecule has 0 bridgehead atoms. The van der Waals surface area contributed by atoms with Crippen LogP contribution in [-0.2, 0) is 0 Å². The smallest absolute Gasteiger partial charge is 0.164 e. The maximum Gasteiger partial charge on any atom is 0.164 e. The van der Waals surface area contributed by atoms with Gasteiger partial charge in [-0.15, -0.1) is 0 Å². The second kappa shape index (κ2) is 6.56. The highest BCUT2D eigenvalue weighted by atomic mass is 79.9. The van der Waals surface area contributed by atoms with Crippen molar-refractivity contribution in [1.82, 2.24) is 0 Å². The molecular formula is C11H15BrO3. The summed E-state index contributed by atoms with van der Waals surface area (Å²) in [5.74, 6) is 2.21. The van der Waals surface area contributed by atoms with Gasteiger partial charge in [-0.3, -0.25) is 0 Å². The molecule has 3 nitrogen and oxygen atoms in total. The first-order valence-corrected chi connectivity index (χ1v) is 5.84. The fourth-order valence-corrected chi connectivity index (χ4v) is 1.36. The predicted octanol–water partition coefficient (Wildman–Crippen LogP) is 2.87. The highest BCUT2D eigenvalue weighted by Crippen LogP contribution is 2.31. The van der Waals surface area contributed by atoms with Crippen LogP contribution in [0.2, 0.25) is 0 Å². The van der Waals surface area contributed by atoms with Crippen molar-refractivity contribution in [3.8, 4) is 17.2 Å². The summed E-state index contributed by atoms with van der Waals surface area (Å²) in [6, 6.07) is 5.52. The first kappa shape index (κ1) is 12.2. The van der Waals surface area contributed by atoms with Gasteiger partial charge in [0.25, 0.3) is 0 Å². The molecule has 0 fully saturated rings. The normalized spacial score (nSPS) is 9.80. The van der Waals surface area contributed by atoms with Gasteiger partial charge in [0.15, 0.2) is 11.5 Å². The van der Waals surface area contributed by atoms with Gasteiger partial charge in [-0.25, -0.2) is 0 Å². The molecule has 1 rings (SSSR count). The molecule has 0 spiro atoms. The first-order chi connectivity index (χ1) is 7.31. The van der Waals surface area contributed by atoms with Crippen molar-refractivity contribution in [3.05, 3.63) is 18.2 Å². The number of halogens is 1. The van der Waals surface area contributed by atoms with E-state index in [0.717, 1.165) is 23.2 Å². The summed E-state index contributed by atoms with van der Waals surface area (Å²) in [7, 11) is 3.24. The van der Waals surface area contributed by atoms with Crippen LogP contribution in [0.25, 0.3) is 0 Å². The molecule has 15 heavy (non-hydrogen) atoms. The van der Waals surface area contributed by atoms with E-state index in [0.29, 0.717) is 12.4 Å². The van der Waals surface area contributed by atoms with Gasteiger partial charge in [-0.05, 0) is 18.6 Å². The van der Waals surface area contributed by atoms with E-state index in [4.69, 9.17) is 14.2 Å². The molecule has 0 atom stereocenters. The summed E-state index contributed by atoms with van der Waals surface area (Å²) in [5, 5.41) is 0.936. The van der Waals surface area contributed by atoms with Crippen LogP contribution in [-0.4, -0.2) is 26.2 Å². The van der Waals surface area contributed by atoms with Crippen molar-refractivity contribution in [2.24, 2.45) is 0 Å². The number of methoxy groups -OCH3 is 2. The van der Waals surface area contributed by atoms with Crippen molar-refractivity contribution < 1.29 is 14.2 Å². The highest BCUT2D eigenvalue weighted by molar-refractivity contribution is 9.09. The molecule has 4 heteroatoms. The van der Waals surface area contributed by atoms with E-state index >= 15 is 0 Å². The number of alkyl halides is 1. The van der Waals surface area contributed by atoms with Crippen LogP contribution in [0.3, 0.4) is 0 Å². The lowest BCUT2D eigenvalue weighted by Gasteiger charge is -2.11. The van der Waals surface area contributed by atoms with Crippen LogP contribution in [0.1, 0.15) is 6.42 Å². The van der Waals surface area contributed by atoms with Crippen LogP contribution in [0.5, 0.6) is 17.2 Å². The summed E-state index contributed by atoms with van der Waals surface area (Å²) in [4.78, 5) is 0. The number of ether oxygens (including phenoxy) is 3. The molecule has 1 aromatic rings. The van der Waals surface area contributed by atoms with Gasteiger partial charge in [0.1, 0.15) is 5.75 Å². The zero-order chi connectivity index (χ0) is 11.1. The zero-order valence-electron chi connectivity index (χ0n) is 8.96. The van der Waals surface area contributed by atoms with Crippen LogP contribution >= 0.6 is 15.9 Å². The first-order valence-electron chi connectivity index (χ1n) is 4.72. The highest BCUT2D eigenvalue weighted by Gasteiger charge is 2.05. The summed E-state index contributed by atoms with van der Waals surface area (Å²) in [6.45, 7) is 0.675. The van der Waals surface area contributed by atoms with Crippen molar-refractivity contribution >= 4 is 15.9 Å². The van der Waals surface area contributed by atoms with Gasteiger partial charge < -0.3 is 14.2 Å². The van der Waals surface area contributed by atoms with E-state index in [2.05, 4.69) is 15.9 Å². The van der Waals surface area contributed by atoms with Gasteiger partial charge in [0.2, 0.25) is 0 Å². The minimum atomic E-state index is 0.675. The molecule has 0 unspecified atom stereocenters. The zero-order valence-corrected chi connectivity index (χ0v) is 10.5. The lowest BCUT2D eigenvalue weighted by Crippen LogP contribution is -1.99. The van der Waals surface area contributed by atoms with E-state index in [1.165, 1.54) is 0 Å². The topological polar surface area (TPSA) is 27.7 Å². The Morgan fingerprint density at radius 1 is 1.13 bits per heavy atom. The SMILES string of the molecule is COc1ccc(OCCCBr)c(OC)c1. The third-order valence-corrected chi connectivity index (χ3v) is 2.47. The maximum absolute atomic E-state index is 5.56. The van der Waals surface area contributed by atoms with Gasteiger partial charge >= 0.3 is 0 Å². The molecule has 0 saturated carbocycles. The Morgan fingerprint density at radius 3 is 2.53 bits per heavy atom. The second-order valence-corrected chi connectivity index (χ2v) is 3.70. The monoisotopic (exact) mass is 274 g/mol. The average molecular weight is 275 g/mol. The fraction of sp³-hybridized carbons (Fsp3) is 0.455. The molecule has 0 aliphatic carbocycles. The van der Waals surface area contributed by atoms with E-state index in [1.54, 1.807) is 14.2 Å². The van der Waals surface area contributed by atoms with Crippen LogP contribution in [0.15, 0.2) is 18.2 Å². The van der Waals surface area contributed by atoms with E-state index < -0.39 is 0 Å². The van der Waals surface area contributed by atoms with Crippen molar-refractivity contribution in [2.45, 2.75) is 6.42 Å². The van der Waals surface area contributed by atoms with Gasteiger partial charge in [-0.1, -0.05) is 15.9 Å². The number of hydrogen-bond acceptors (Lipinski definition) is 3. The van der Waals surface area contributed by atoms with Gasteiger partial charge in [0.05, 0.1) is 20.8 Å². The Labute approximate surface area is 98.5 Å². The minimum Gasteiger partial charge on any atom is -0.497 e. The lowest BCUT2D eigenvalue weighted by molar-refractivity contribution is 0.294. The largest absolute Gasteiger partial charge is 0.497 e. The molecule has 0 N–H and O–H groups in total. The lowest BCUT2D eigenvalue weighted by atomic mass is 10.3. The van der Waals surface area contributed by atoms with Crippen LogP contribution in [0.4, 0.5) is 0 Å². The summed E-state index contributed by atoms with van der Waals surface area (Å²) in [6.07, 6.45) is 0.967. The summed E-state index contributed by atoms with van der Waals surface area (Å²) < 4.78 is 15.9. The number of rotatable bonds is 6. The molecule has 0 saturated heterocycles. The summed E-state index contributed by atoms with van der Waals surface area (Å²) >= 11 is 3.35. The predicted molar refractivity (Wildman–Crippen MR) is 63.5 cm³/mol. The fourth-order valence-electron chi connectivity index (χ4n) is 1.13. The Hall–Kier alpha value is -0.900. The van der Waals surface area contributed by atoms with Crippen molar-refractivity contribution in [3.63, 3.8) is 0 Å². The third-order valence-electron chi connectivity index (χ3n) is 1.91. The molecule has 0 aliphatic heterocycles. The minimum absolute atomic E-state index is 0.675. The molecule has 0 radical (unpaired) electrons. The maximum atomic E-state index is 5.56. The molecule has 1 aromatic carbocycles. The Balaban J connectivity index is 2.69. The number of benzene rings is 1. The van der Waals surface area contributed by atoms with Crippen molar-refractivity contribution in [2.75, 3.05) is 26.2 Å². The Bertz CT molecular complexity index is 302. The number of hydrogen-bond donors (Lipinski definition) is 0. The van der Waals surface area contributed by atoms with Gasteiger partial charge in [-0.2, -0.15) is 0 Å². The summed E-state index contributed by atoms with van der Waals surface area (Å²) in [5.41, 5.74) is 0. The Kier molecular flexibility index (Phi) is 5.32. The van der Waals surface area contributed by atoms with E-state index in [-0.39, 0.29) is 0 Å².